The highest BCUT2D eigenvalue weighted by molar-refractivity contribution is 7.09. The van der Waals surface area contributed by atoms with Crippen molar-refractivity contribution in [3.05, 3.63) is 52.1 Å². The Bertz CT molecular complexity index is 849. The first-order chi connectivity index (χ1) is 11.7. The normalized spacial score (nSPS) is 16.0. The zero-order valence-corrected chi connectivity index (χ0v) is 15.0. The summed E-state index contributed by atoms with van der Waals surface area (Å²) in [6.45, 7) is 9.44. The fraction of sp³-hybridized carbons (Fsp3) is 0.368. The molecule has 0 saturated carbocycles. The van der Waals surface area contributed by atoms with Gasteiger partial charge < -0.3 is 4.90 Å². The van der Waals surface area contributed by atoms with E-state index in [9.17, 15) is 0 Å². The first-order valence-electron chi connectivity index (χ1n) is 8.43. The third-order valence-electron chi connectivity index (χ3n) is 4.64. The van der Waals surface area contributed by atoms with E-state index in [4.69, 9.17) is 0 Å². The molecule has 1 aliphatic heterocycles. The van der Waals surface area contributed by atoms with Crippen molar-refractivity contribution in [3.63, 3.8) is 0 Å². The van der Waals surface area contributed by atoms with Crippen molar-refractivity contribution >= 4 is 27.9 Å². The summed E-state index contributed by atoms with van der Waals surface area (Å²) in [5, 5.41) is 4.60. The molecule has 3 aromatic rings. The first-order valence-corrected chi connectivity index (χ1v) is 9.31. The molecule has 5 heteroatoms. The lowest BCUT2D eigenvalue weighted by atomic mass is 10.1. The van der Waals surface area contributed by atoms with E-state index in [2.05, 4.69) is 63.3 Å². The zero-order chi connectivity index (χ0) is 16.5. The molecule has 4 rings (SSSR count). The van der Waals surface area contributed by atoms with Gasteiger partial charge in [0.15, 0.2) is 0 Å². The van der Waals surface area contributed by atoms with E-state index in [1.54, 1.807) is 11.3 Å². The predicted octanol–water partition coefficient (Wildman–Crippen LogP) is 3.63. The van der Waals surface area contributed by atoms with Crippen molar-refractivity contribution in [2.24, 2.45) is 0 Å². The predicted molar refractivity (Wildman–Crippen MR) is 101 cm³/mol. The van der Waals surface area contributed by atoms with Crippen molar-refractivity contribution in [2.75, 3.05) is 31.1 Å². The Kier molecular flexibility index (Phi) is 4.21. The molecule has 0 aliphatic carbocycles. The van der Waals surface area contributed by atoms with Gasteiger partial charge in [-0.15, -0.1) is 11.3 Å². The van der Waals surface area contributed by atoms with Crippen LogP contribution < -0.4 is 4.90 Å². The van der Waals surface area contributed by atoms with Crippen LogP contribution >= 0.6 is 11.3 Å². The smallest absolute Gasteiger partial charge is 0.0897 e. The van der Waals surface area contributed by atoms with E-state index in [0.717, 1.165) is 43.2 Å². The lowest BCUT2D eigenvalue weighted by Crippen LogP contribution is -2.46. The van der Waals surface area contributed by atoms with Gasteiger partial charge in [0.25, 0.3) is 0 Å². The van der Waals surface area contributed by atoms with Gasteiger partial charge in [0.1, 0.15) is 0 Å². The molecule has 124 valence electrons. The molecule has 24 heavy (non-hydrogen) atoms. The average molecular weight is 338 g/mol. The highest BCUT2D eigenvalue weighted by Crippen LogP contribution is 2.27. The van der Waals surface area contributed by atoms with Gasteiger partial charge >= 0.3 is 0 Å². The minimum atomic E-state index is 0.967. The molecule has 0 amide bonds. The summed E-state index contributed by atoms with van der Waals surface area (Å²) in [6, 6.07) is 8.66. The number of fused-ring (bicyclic) bond motifs is 1. The van der Waals surface area contributed by atoms with Crippen LogP contribution in [0.2, 0.25) is 0 Å². The van der Waals surface area contributed by atoms with E-state index >= 15 is 0 Å². The molecule has 1 fully saturated rings. The molecule has 4 nitrogen and oxygen atoms in total. The molecule has 1 aromatic carbocycles. The lowest BCUT2D eigenvalue weighted by molar-refractivity contribution is 0.247. The highest BCUT2D eigenvalue weighted by Gasteiger charge is 2.19. The number of hydrogen-bond donors (Lipinski definition) is 0. The Morgan fingerprint density at radius 3 is 2.67 bits per heavy atom. The number of aromatic nitrogens is 2. The number of hydrogen-bond acceptors (Lipinski definition) is 5. The van der Waals surface area contributed by atoms with Crippen LogP contribution in [0.1, 0.15) is 16.3 Å². The Balaban J connectivity index is 1.49. The Hall–Kier alpha value is -1.98. The molecule has 3 heterocycles. The van der Waals surface area contributed by atoms with E-state index < -0.39 is 0 Å². The maximum atomic E-state index is 4.59. The minimum Gasteiger partial charge on any atom is -0.368 e. The topological polar surface area (TPSA) is 32.3 Å². The third-order valence-corrected chi connectivity index (χ3v) is 5.46. The summed E-state index contributed by atoms with van der Waals surface area (Å²) in [6.07, 6.45) is 1.93. The number of aryl methyl sites for hydroxylation is 2. The molecule has 0 spiro atoms. The second-order valence-electron chi connectivity index (χ2n) is 6.47. The van der Waals surface area contributed by atoms with Crippen LogP contribution in [0, 0.1) is 13.8 Å². The van der Waals surface area contributed by atoms with Gasteiger partial charge in [-0.2, -0.15) is 0 Å². The third kappa shape index (κ3) is 3.14. The number of anilines is 1. The summed E-state index contributed by atoms with van der Waals surface area (Å²) in [7, 11) is 0. The SMILES string of the molecule is Cc1ccc2nccc(N3CCN(Cc4csc(C)n4)CC3)c2c1. The maximum Gasteiger partial charge on any atom is 0.0897 e. The molecule has 1 aliphatic rings. The maximum absolute atomic E-state index is 4.59. The quantitative estimate of drug-likeness (QED) is 0.730. The van der Waals surface area contributed by atoms with Crippen LogP contribution in [0.3, 0.4) is 0 Å². The molecule has 0 unspecified atom stereocenters. The zero-order valence-electron chi connectivity index (χ0n) is 14.2. The van der Waals surface area contributed by atoms with Crippen LogP contribution in [-0.2, 0) is 6.54 Å². The number of rotatable bonds is 3. The van der Waals surface area contributed by atoms with Gasteiger partial charge in [0.2, 0.25) is 0 Å². The van der Waals surface area contributed by atoms with Gasteiger partial charge in [-0.3, -0.25) is 9.88 Å². The van der Waals surface area contributed by atoms with Gasteiger partial charge in [0, 0.05) is 55.4 Å². The largest absolute Gasteiger partial charge is 0.368 e. The van der Waals surface area contributed by atoms with Gasteiger partial charge in [-0.05, 0) is 32.0 Å². The Morgan fingerprint density at radius 1 is 1.08 bits per heavy atom. The van der Waals surface area contributed by atoms with E-state index in [0.29, 0.717) is 0 Å². The van der Waals surface area contributed by atoms with Crippen molar-refractivity contribution in [3.8, 4) is 0 Å². The van der Waals surface area contributed by atoms with Crippen molar-refractivity contribution in [1.82, 2.24) is 14.9 Å². The van der Waals surface area contributed by atoms with Crippen molar-refractivity contribution < 1.29 is 0 Å². The summed E-state index contributed by atoms with van der Waals surface area (Å²) in [5.41, 5.74) is 4.89. The summed E-state index contributed by atoms with van der Waals surface area (Å²) >= 11 is 1.74. The number of benzene rings is 1. The summed E-state index contributed by atoms with van der Waals surface area (Å²) < 4.78 is 0. The van der Waals surface area contributed by atoms with E-state index in [1.165, 1.54) is 22.3 Å². The Labute approximate surface area is 146 Å². The molecule has 2 aromatic heterocycles. The first kappa shape index (κ1) is 15.5. The fourth-order valence-corrected chi connectivity index (χ4v) is 3.98. The summed E-state index contributed by atoms with van der Waals surface area (Å²) in [5.74, 6) is 0. The highest BCUT2D eigenvalue weighted by atomic mass is 32.1. The number of thiazole rings is 1. The van der Waals surface area contributed by atoms with E-state index in [-0.39, 0.29) is 0 Å². The second kappa shape index (κ2) is 6.49. The summed E-state index contributed by atoms with van der Waals surface area (Å²) in [4.78, 5) is 14.1. The molecule has 1 saturated heterocycles. The number of piperazine rings is 1. The molecule has 0 bridgehead atoms. The standard InChI is InChI=1S/C19H22N4S/c1-14-3-4-18-17(11-14)19(5-6-20-18)23-9-7-22(8-10-23)12-16-13-24-15(2)21-16/h3-6,11,13H,7-10,12H2,1-2H3. The minimum absolute atomic E-state index is 0.967. The monoisotopic (exact) mass is 338 g/mol. The van der Waals surface area contributed by atoms with Gasteiger partial charge in [-0.1, -0.05) is 11.6 Å². The lowest BCUT2D eigenvalue weighted by Gasteiger charge is -2.36. The number of nitrogens with zero attached hydrogens (tertiary/aromatic N) is 4. The average Bonchev–Trinajstić information content (AvgIpc) is 3.00. The fourth-order valence-electron chi connectivity index (χ4n) is 3.38. The Morgan fingerprint density at radius 2 is 1.92 bits per heavy atom. The van der Waals surface area contributed by atoms with Crippen molar-refractivity contribution in [2.45, 2.75) is 20.4 Å². The van der Waals surface area contributed by atoms with E-state index in [1.807, 2.05) is 6.20 Å². The van der Waals surface area contributed by atoms with Crippen LogP contribution in [0.5, 0.6) is 0 Å². The van der Waals surface area contributed by atoms with Gasteiger partial charge in [0.05, 0.1) is 16.2 Å². The molecule has 0 N–H and O–H groups in total. The van der Waals surface area contributed by atoms with Gasteiger partial charge in [-0.25, -0.2) is 4.98 Å². The second-order valence-corrected chi connectivity index (χ2v) is 7.53. The van der Waals surface area contributed by atoms with Crippen molar-refractivity contribution in [1.29, 1.82) is 0 Å². The molecule has 0 radical (unpaired) electrons. The molecule has 0 atom stereocenters. The molecular formula is C19H22N4S. The molecular weight excluding hydrogens is 316 g/mol. The van der Waals surface area contributed by atoms with Crippen LogP contribution in [-0.4, -0.2) is 41.0 Å². The number of pyridine rings is 1. The van der Waals surface area contributed by atoms with Crippen LogP contribution in [0.4, 0.5) is 5.69 Å². The van der Waals surface area contributed by atoms with Crippen LogP contribution in [0.15, 0.2) is 35.8 Å². The van der Waals surface area contributed by atoms with Crippen LogP contribution in [0.25, 0.3) is 10.9 Å².